The lowest BCUT2D eigenvalue weighted by Gasteiger charge is -2.17. The van der Waals surface area contributed by atoms with Gasteiger partial charge in [-0.25, -0.2) is 9.97 Å². The SMILES string of the molecule is Cc1nc(C)c(C(=O)NC2CCN(c3ccccn3)C2)s1. The number of aromatic nitrogens is 2. The number of nitrogens with one attached hydrogen (secondary N) is 1. The molecule has 1 unspecified atom stereocenters. The molecule has 110 valence electrons. The second kappa shape index (κ2) is 5.81. The van der Waals surface area contributed by atoms with Crippen molar-refractivity contribution in [2.45, 2.75) is 26.3 Å². The molecule has 6 heteroatoms. The first-order valence-corrected chi connectivity index (χ1v) is 7.86. The summed E-state index contributed by atoms with van der Waals surface area (Å²) in [5.74, 6) is 0.963. The summed E-state index contributed by atoms with van der Waals surface area (Å²) >= 11 is 1.45. The van der Waals surface area contributed by atoms with Crippen LogP contribution in [0.25, 0.3) is 0 Å². The lowest BCUT2D eigenvalue weighted by Crippen LogP contribution is -2.37. The minimum Gasteiger partial charge on any atom is -0.354 e. The van der Waals surface area contributed by atoms with E-state index in [4.69, 9.17) is 0 Å². The highest BCUT2D eigenvalue weighted by molar-refractivity contribution is 7.13. The Morgan fingerprint density at radius 2 is 2.29 bits per heavy atom. The van der Waals surface area contributed by atoms with Gasteiger partial charge in [-0.05, 0) is 32.4 Å². The number of carbonyl (C=O) groups excluding carboxylic acids is 1. The van der Waals surface area contributed by atoms with Crippen molar-refractivity contribution < 1.29 is 4.79 Å². The third-order valence-electron chi connectivity index (χ3n) is 3.61. The molecule has 21 heavy (non-hydrogen) atoms. The van der Waals surface area contributed by atoms with Crippen molar-refractivity contribution in [2.75, 3.05) is 18.0 Å². The number of carbonyl (C=O) groups is 1. The summed E-state index contributed by atoms with van der Waals surface area (Å²) in [7, 11) is 0. The zero-order valence-corrected chi connectivity index (χ0v) is 13.0. The second-order valence-corrected chi connectivity index (χ2v) is 6.44. The molecule has 3 heterocycles. The van der Waals surface area contributed by atoms with E-state index in [-0.39, 0.29) is 11.9 Å². The van der Waals surface area contributed by atoms with Crippen LogP contribution in [-0.4, -0.2) is 35.0 Å². The molecule has 5 nitrogen and oxygen atoms in total. The number of nitrogens with zero attached hydrogens (tertiary/aromatic N) is 3. The molecular weight excluding hydrogens is 284 g/mol. The van der Waals surface area contributed by atoms with Crippen LogP contribution in [0.15, 0.2) is 24.4 Å². The van der Waals surface area contributed by atoms with Crippen LogP contribution in [0, 0.1) is 13.8 Å². The number of aryl methyl sites for hydroxylation is 2. The van der Waals surface area contributed by atoms with Gasteiger partial charge in [0, 0.05) is 25.3 Å². The molecule has 0 radical (unpaired) electrons. The predicted octanol–water partition coefficient (Wildman–Crippen LogP) is 2.16. The van der Waals surface area contributed by atoms with Gasteiger partial charge < -0.3 is 10.2 Å². The number of rotatable bonds is 3. The van der Waals surface area contributed by atoms with Crippen LogP contribution in [0.5, 0.6) is 0 Å². The summed E-state index contributed by atoms with van der Waals surface area (Å²) in [6, 6.07) is 6.06. The lowest BCUT2D eigenvalue weighted by molar-refractivity contribution is 0.0943. The van der Waals surface area contributed by atoms with Gasteiger partial charge in [0.25, 0.3) is 5.91 Å². The molecule has 1 aliphatic rings. The Morgan fingerprint density at radius 1 is 1.43 bits per heavy atom. The molecule has 2 aromatic heterocycles. The number of hydrogen-bond acceptors (Lipinski definition) is 5. The molecule has 1 fully saturated rings. The number of thiazole rings is 1. The van der Waals surface area contributed by atoms with E-state index in [1.54, 1.807) is 6.20 Å². The van der Waals surface area contributed by atoms with E-state index in [1.165, 1.54) is 11.3 Å². The van der Waals surface area contributed by atoms with Crippen molar-refractivity contribution in [1.82, 2.24) is 15.3 Å². The second-order valence-electron chi connectivity index (χ2n) is 5.24. The van der Waals surface area contributed by atoms with Crippen molar-refractivity contribution in [1.29, 1.82) is 0 Å². The Morgan fingerprint density at radius 3 is 2.95 bits per heavy atom. The first-order chi connectivity index (χ1) is 10.1. The van der Waals surface area contributed by atoms with Crippen LogP contribution in [0.1, 0.15) is 26.8 Å². The highest BCUT2D eigenvalue weighted by Crippen LogP contribution is 2.20. The van der Waals surface area contributed by atoms with Crippen molar-refractivity contribution >= 4 is 23.1 Å². The molecule has 0 bridgehead atoms. The first kappa shape index (κ1) is 14.0. The van der Waals surface area contributed by atoms with E-state index >= 15 is 0 Å². The fraction of sp³-hybridized carbons (Fsp3) is 0.400. The minimum absolute atomic E-state index is 0.00836. The van der Waals surface area contributed by atoms with Gasteiger partial charge in [0.15, 0.2) is 0 Å². The smallest absolute Gasteiger partial charge is 0.263 e. The monoisotopic (exact) mass is 302 g/mol. The largest absolute Gasteiger partial charge is 0.354 e. The van der Waals surface area contributed by atoms with Gasteiger partial charge in [0.2, 0.25) is 0 Å². The van der Waals surface area contributed by atoms with E-state index in [0.717, 1.165) is 40.9 Å². The molecule has 1 aliphatic heterocycles. The summed E-state index contributed by atoms with van der Waals surface area (Å²) in [6.07, 6.45) is 2.74. The van der Waals surface area contributed by atoms with Gasteiger partial charge in [-0.2, -0.15) is 0 Å². The number of hydrogen-bond donors (Lipinski definition) is 1. The van der Waals surface area contributed by atoms with Gasteiger partial charge in [-0.1, -0.05) is 6.07 Å². The van der Waals surface area contributed by atoms with E-state index in [2.05, 4.69) is 20.2 Å². The van der Waals surface area contributed by atoms with Crippen LogP contribution in [0.2, 0.25) is 0 Å². The van der Waals surface area contributed by atoms with Gasteiger partial charge in [-0.3, -0.25) is 4.79 Å². The fourth-order valence-electron chi connectivity index (χ4n) is 2.62. The highest BCUT2D eigenvalue weighted by atomic mass is 32.1. The Labute approximate surface area is 128 Å². The van der Waals surface area contributed by atoms with Crippen molar-refractivity contribution in [2.24, 2.45) is 0 Å². The number of anilines is 1. The summed E-state index contributed by atoms with van der Waals surface area (Å²) in [4.78, 5) is 23.9. The van der Waals surface area contributed by atoms with Crippen molar-refractivity contribution in [3.8, 4) is 0 Å². The Hall–Kier alpha value is -1.95. The average Bonchev–Trinajstić information content (AvgIpc) is 3.06. The molecule has 1 saturated heterocycles. The first-order valence-electron chi connectivity index (χ1n) is 7.04. The molecule has 0 saturated carbocycles. The number of pyridine rings is 1. The molecule has 0 aliphatic carbocycles. The van der Waals surface area contributed by atoms with Gasteiger partial charge in [-0.15, -0.1) is 11.3 Å². The van der Waals surface area contributed by atoms with Crippen LogP contribution in [-0.2, 0) is 0 Å². The zero-order chi connectivity index (χ0) is 14.8. The third-order valence-corrected chi connectivity index (χ3v) is 4.68. The van der Waals surface area contributed by atoms with E-state index in [1.807, 2.05) is 32.0 Å². The van der Waals surface area contributed by atoms with E-state index in [0.29, 0.717) is 0 Å². The maximum atomic E-state index is 12.3. The predicted molar refractivity (Wildman–Crippen MR) is 83.9 cm³/mol. The summed E-state index contributed by atoms with van der Waals surface area (Å²) < 4.78 is 0. The van der Waals surface area contributed by atoms with Crippen LogP contribution < -0.4 is 10.2 Å². The quantitative estimate of drug-likeness (QED) is 0.944. The molecule has 1 amide bonds. The molecule has 0 aromatic carbocycles. The van der Waals surface area contributed by atoms with Gasteiger partial charge in [0.05, 0.1) is 10.7 Å². The van der Waals surface area contributed by atoms with E-state index < -0.39 is 0 Å². The topological polar surface area (TPSA) is 58.1 Å². The molecule has 1 N–H and O–H groups in total. The summed E-state index contributed by atoms with van der Waals surface area (Å²) in [5, 5.41) is 4.04. The normalized spacial score (nSPS) is 18.0. The Kier molecular flexibility index (Phi) is 3.88. The third kappa shape index (κ3) is 3.05. The highest BCUT2D eigenvalue weighted by Gasteiger charge is 2.26. The molecule has 3 rings (SSSR count). The average molecular weight is 302 g/mol. The maximum absolute atomic E-state index is 12.3. The molecular formula is C15H18N4OS. The van der Waals surface area contributed by atoms with E-state index in [9.17, 15) is 4.79 Å². The van der Waals surface area contributed by atoms with Gasteiger partial charge in [0.1, 0.15) is 10.7 Å². The fourth-order valence-corrected chi connectivity index (χ4v) is 3.44. The summed E-state index contributed by atoms with van der Waals surface area (Å²) in [6.45, 7) is 5.53. The van der Waals surface area contributed by atoms with Gasteiger partial charge >= 0.3 is 0 Å². The Bertz CT molecular complexity index is 640. The number of amides is 1. The van der Waals surface area contributed by atoms with Crippen LogP contribution >= 0.6 is 11.3 Å². The zero-order valence-electron chi connectivity index (χ0n) is 12.2. The van der Waals surface area contributed by atoms with Crippen LogP contribution in [0.4, 0.5) is 5.82 Å². The lowest BCUT2D eigenvalue weighted by atomic mass is 10.2. The minimum atomic E-state index is -0.00836. The molecule has 2 aromatic rings. The van der Waals surface area contributed by atoms with Crippen LogP contribution in [0.3, 0.4) is 0 Å². The van der Waals surface area contributed by atoms with Crippen molar-refractivity contribution in [3.05, 3.63) is 40.0 Å². The Balaban J connectivity index is 1.62. The standard InChI is InChI=1S/C15H18N4OS/c1-10-14(21-11(2)17-10)15(20)18-12-6-8-19(9-12)13-5-3-4-7-16-13/h3-5,7,12H,6,8-9H2,1-2H3,(H,18,20). The summed E-state index contributed by atoms with van der Waals surface area (Å²) in [5.41, 5.74) is 0.814. The van der Waals surface area contributed by atoms with Crippen molar-refractivity contribution in [3.63, 3.8) is 0 Å². The molecule has 1 atom stereocenters. The maximum Gasteiger partial charge on any atom is 0.263 e. The molecule has 0 spiro atoms.